The van der Waals surface area contributed by atoms with Crippen LogP contribution >= 0.6 is 0 Å². The van der Waals surface area contributed by atoms with E-state index in [1.807, 2.05) is 11.7 Å². The highest BCUT2D eigenvalue weighted by Crippen LogP contribution is 2.31. The number of aromatic nitrogens is 2. The van der Waals surface area contributed by atoms with Gasteiger partial charge in [-0.05, 0) is 19.8 Å². The van der Waals surface area contributed by atoms with Crippen LogP contribution in [0.25, 0.3) is 0 Å². The van der Waals surface area contributed by atoms with Gasteiger partial charge in [0.15, 0.2) is 5.82 Å². The second-order valence-corrected chi connectivity index (χ2v) is 4.99. The predicted molar refractivity (Wildman–Crippen MR) is 76.1 cm³/mol. The summed E-state index contributed by atoms with van der Waals surface area (Å²) >= 11 is 0. The first-order valence-electron chi connectivity index (χ1n) is 6.51. The zero-order chi connectivity index (χ0) is 13.9. The average molecular weight is 254 g/mol. The summed E-state index contributed by atoms with van der Waals surface area (Å²) in [6.45, 7) is 10.0. The molecule has 0 saturated heterocycles. The quantitative estimate of drug-likeness (QED) is 0.843. The lowest BCUT2D eigenvalue weighted by molar-refractivity contribution is 0.181. The SMILES string of the molecule is CCN(c1c(N)c(C(C)C)nn1C)C(C)COC. The molecule has 5 heteroatoms. The number of likely N-dealkylation sites (N-methyl/N-ethyl adjacent to an activating group) is 1. The van der Waals surface area contributed by atoms with Crippen molar-refractivity contribution in [3.63, 3.8) is 0 Å². The zero-order valence-corrected chi connectivity index (χ0v) is 12.4. The van der Waals surface area contributed by atoms with Crippen molar-refractivity contribution in [3.8, 4) is 0 Å². The van der Waals surface area contributed by atoms with Gasteiger partial charge in [-0.3, -0.25) is 4.68 Å². The molecule has 1 atom stereocenters. The molecule has 0 aliphatic rings. The molecule has 1 heterocycles. The van der Waals surface area contributed by atoms with E-state index in [9.17, 15) is 0 Å². The van der Waals surface area contributed by atoms with Gasteiger partial charge < -0.3 is 15.4 Å². The van der Waals surface area contributed by atoms with Crippen molar-refractivity contribution in [2.75, 3.05) is 30.9 Å². The number of nitrogens with two attached hydrogens (primary N) is 1. The molecule has 2 N–H and O–H groups in total. The molecular formula is C13H26N4O. The Kier molecular flexibility index (Phi) is 5.02. The second kappa shape index (κ2) is 6.09. The Morgan fingerprint density at radius 2 is 2.00 bits per heavy atom. The normalized spacial score (nSPS) is 13.1. The van der Waals surface area contributed by atoms with Crippen molar-refractivity contribution < 1.29 is 4.74 Å². The summed E-state index contributed by atoms with van der Waals surface area (Å²) in [6, 6.07) is 0.276. The maximum Gasteiger partial charge on any atom is 0.150 e. The van der Waals surface area contributed by atoms with E-state index in [-0.39, 0.29) is 6.04 Å². The molecule has 0 spiro atoms. The maximum absolute atomic E-state index is 6.25. The van der Waals surface area contributed by atoms with Crippen LogP contribution < -0.4 is 10.6 Å². The fourth-order valence-electron chi connectivity index (χ4n) is 2.32. The number of methoxy groups -OCH3 is 1. The van der Waals surface area contributed by atoms with E-state index in [1.54, 1.807) is 7.11 Å². The second-order valence-electron chi connectivity index (χ2n) is 4.99. The number of ether oxygens (including phenoxy) is 1. The van der Waals surface area contributed by atoms with Gasteiger partial charge in [-0.15, -0.1) is 0 Å². The molecule has 0 aromatic carbocycles. The van der Waals surface area contributed by atoms with E-state index >= 15 is 0 Å². The molecule has 104 valence electrons. The molecule has 0 bridgehead atoms. The van der Waals surface area contributed by atoms with Gasteiger partial charge in [0.1, 0.15) is 0 Å². The molecule has 0 aliphatic carbocycles. The van der Waals surface area contributed by atoms with Crippen LogP contribution in [0.3, 0.4) is 0 Å². The highest BCUT2D eigenvalue weighted by atomic mass is 16.5. The first-order valence-corrected chi connectivity index (χ1v) is 6.51. The van der Waals surface area contributed by atoms with E-state index in [2.05, 4.69) is 37.7 Å². The summed E-state index contributed by atoms with van der Waals surface area (Å²) in [5, 5.41) is 4.53. The van der Waals surface area contributed by atoms with Gasteiger partial charge in [-0.2, -0.15) is 5.10 Å². The minimum Gasteiger partial charge on any atom is -0.394 e. The van der Waals surface area contributed by atoms with Crippen molar-refractivity contribution in [2.24, 2.45) is 7.05 Å². The summed E-state index contributed by atoms with van der Waals surface area (Å²) in [5.41, 5.74) is 8.01. The number of nitrogens with zero attached hydrogens (tertiary/aromatic N) is 3. The Bertz CT molecular complexity index is 387. The topological polar surface area (TPSA) is 56.3 Å². The van der Waals surface area contributed by atoms with E-state index in [0.717, 1.165) is 23.7 Å². The molecule has 1 rings (SSSR count). The van der Waals surface area contributed by atoms with Crippen LogP contribution in [0.1, 0.15) is 39.3 Å². The number of rotatable bonds is 6. The van der Waals surface area contributed by atoms with Crippen molar-refractivity contribution >= 4 is 11.5 Å². The fraction of sp³-hybridized carbons (Fsp3) is 0.769. The Hall–Kier alpha value is -1.23. The van der Waals surface area contributed by atoms with Gasteiger partial charge in [0.05, 0.1) is 24.0 Å². The van der Waals surface area contributed by atoms with E-state index < -0.39 is 0 Å². The highest BCUT2D eigenvalue weighted by Gasteiger charge is 2.23. The van der Waals surface area contributed by atoms with Crippen LogP contribution in [0.15, 0.2) is 0 Å². The summed E-state index contributed by atoms with van der Waals surface area (Å²) in [7, 11) is 3.66. The lowest BCUT2D eigenvalue weighted by Crippen LogP contribution is -2.37. The van der Waals surface area contributed by atoms with Crippen LogP contribution in [0, 0.1) is 0 Å². The monoisotopic (exact) mass is 254 g/mol. The van der Waals surface area contributed by atoms with Gasteiger partial charge in [-0.1, -0.05) is 13.8 Å². The Labute approximate surface area is 110 Å². The van der Waals surface area contributed by atoms with Crippen LogP contribution in [0.2, 0.25) is 0 Å². The summed E-state index contributed by atoms with van der Waals surface area (Å²) in [4.78, 5) is 2.23. The summed E-state index contributed by atoms with van der Waals surface area (Å²) in [5.74, 6) is 1.33. The molecule has 1 unspecified atom stereocenters. The summed E-state index contributed by atoms with van der Waals surface area (Å²) < 4.78 is 7.11. The maximum atomic E-state index is 6.25. The number of aryl methyl sites for hydroxylation is 1. The molecule has 0 saturated carbocycles. The van der Waals surface area contributed by atoms with Gasteiger partial charge >= 0.3 is 0 Å². The Morgan fingerprint density at radius 1 is 1.39 bits per heavy atom. The van der Waals surface area contributed by atoms with Crippen molar-refractivity contribution in [2.45, 2.75) is 39.7 Å². The lowest BCUT2D eigenvalue weighted by atomic mass is 10.1. The molecular weight excluding hydrogens is 228 g/mol. The molecule has 5 nitrogen and oxygen atoms in total. The zero-order valence-electron chi connectivity index (χ0n) is 12.4. The van der Waals surface area contributed by atoms with Crippen molar-refractivity contribution in [1.82, 2.24) is 9.78 Å². The third-order valence-corrected chi connectivity index (χ3v) is 3.18. The lowest BCUT2D eigenvalue weighted by Gasteiger charge is -2.29. The molecule has 1 aromatic rings. The molecule has 1 aromatic heterocycles. The standard InChI is InChI=1S/C13H26N4O/c1-7-17(10(4)8-18-6)13-11(14)12(9(2)3)15-16(13)5/h9-10H,7-8,14H2,1-6H3. The Balaban J connectivity index is 3.13. The first-order chi connectivity index (χ1) is 8.43. The first kappa shape index (κ1) is 14.8. The molecule has 0 radical (unpaired) electrons. The number of hydrogen-bond acceptors (Lipinski definition) is 4. The van der Waals surface area contributed by atoms with Crippen LogP contribution in [-0.4, -0.2) is 36.1 Å². The minimum absolute atomic E-state index is 0.276. The average Bonchev–Trinajstić information content (AvgIpc) is 2.58. The summed E-state index contributed by atoms with van der Waals surface area (Å²) in [6.07, 6.45) is 0. The van der Waals surface area contributed by atoms with E-state index in [0.29, 0.717) is 12.5 Å². The van der Waals surface area contributed by atoms with Crippen molar-refractivity contribution in [1.29, 1.82) is 0 Å². The third-order valence-electron chi connectivity index (χ3n) is 3.18. The largest absolute Gasteiger partial charge is 0.394 e. The smallest absolute Gasteiger partial charge is 0.150 e. The van der Waals surface area contributed by atoms with Gasteiger partial charge in [-0.25, -0.2) is 0 Å². The van der Waals surface area contributed by atoms with E-state index in [4.69, 9.17) is 10.5 Å². The minimum atomic E-state index is 0.276. The van der Waals surface area contributed by atoms with Crippen LogP contribution in [-0.2, 0) is 11.8 Å². The third kappa shape index (κ3) is 2.77. The number of hydrogen-bond donors (Lipinski definition) is 1. The van der Waals surface area contributed by atoms with Crippen LogP contribution in [0.5, 0.6) is 0 Å². The van der Waals surface area contributed by atoms with E-state index in [1.165, 1.54) is 0 Å². The highest BCUT2D eigenvalue weighted by molar-refractivity contribution is 5.67. The molecule has 18 heavy (non-hydrogen) atoms. The van der Waals surface area contributed by atoms with Gasteiger partial charge in [0.2, 0.25) is 0 Å². The van der Waals surface area contributed by atoms with Crippen molar-refractivity contribution in [3.05, 3.63) is 5.69 Å². The fourth-order valence-corrected chi connectivity index (χ4v) is 2.32. The molecule has 0 aliphatic heterocycles. The van der Waals surface area contributed by atoms with Gasteiger partial charge in [0.25, 0.3) is 0 Å². The molecule has 0 fully saturated rings. The number of nitrogen functional groups attached to an aromatic ring is 1. The Morgan fingerprint density at radius 3 is 2.39 bits per heavy atom. The number of anilines is 2. The van der Waals surface area contributed by atoms with Crippen LogP contribution in [0.4, 0.5) is 11.5 Å². The predicted octanol–water partition coefficient (Wildman–Crippen LogP) is 1.99. The molecule has 0 amide bonds. The van der Waals surface area contributed by atoms with Gasteiger partial charge in [0, 0.05) is 20.7 Å².